The largest absolute Gasteiger partial charge is 0.504 e. The van der Waals surface area contributed by atoms with Crippen LogP contribution in [0.3, 0.4) is 0 Å². The van der Waals surface area contributed by atoms with Crippen LogP contribution >= 0.6 is 0 Å². The molecule has 0 aliphatic rings. The second-order valence-electron chi connectivity index (χ2n) is 7.71. The van der Waals surface area contributed by atoms with E-state index in [0.717, 1.165) is 6.08 Å². The zero-order valence-corrected chi connectivity index (χ0v) is 18.3. The van der Waals surface area contributed by atoms with Gasteiger partial charge >= 0.3 is 0 Å². The predicted octanol–water partition coefficient (Wildman–Crippen LogP) is 1.98. The van der Waals surface area contributed by atoms with Gasteiger partial charge in [0.15, 0.2) is 34.5 Å². The molecule has 0 radical (unpaired) electrons. The van der Waals surface area contributed by atoms with Gasteiger partial charge in [-0.25, -0.2) is 0 Å². The van der Waals surface area contributed by atoms with Crippen molar-refractivity contribution in [3.05, 3.63) is 77.4 Å². The molecule has 0 fully saturated rings. The van der Waals surface area contributed by atoms with Crippen molar-refractivity contribution in [1.29, 1.82) is 0 Å². The number of amides is 2. The Labute approximate surface area is 200 Å². The molecule has 0 saturated heterocycles. The van der Waals surface area contributed by atoms with Crippen LogP contribution in [-0.4, -0.2) is 48.5 Å². The Morgan fingerprint density at radius 3 is 1.86 bits per heavy atom. The third-order valence-electron chi connectivity index (χ3n) is 5.05. The molecule has 0 aliphatic heterocycles. The highest BCUT2D eigenvalue weighted by Gasteiger charge is 2.21. The van der Waals surface area contributed by atoms with Gasteiger partial charge in [0.1, 0.15) is 6.04 Å². The van der Waals surface area contributed by atoms with E-state index in [1.54, 1.807) is 0 Å². The van der Waals surface area contributed by atoms with Crippen LogP contribution in [0.5, 0.6) is 34.5 Å². The van der Waals surface area contributed by atoms with Gasteiger partial charge in [0.25, 0.3) is 0 Å². The molecule has 10 nitrogen and oxygen atoms in total. The van der Waals surface area contributed by atoms with Crippen LogP contribution in [0.2, 0.25) is 0 Å². The minimum absolute atomic E-state index is 0.00248. The monoisotopic (exact) mass is 480 g/mol. The van der Waals surface area contributed by atoms with Crippen LogP contribution in [-0.2, 0) is 22.6 Å². The van der Waals surface area contributed by atoms with Gasteiger partial charge in [0, 0.05) is 19.0 Å². The van der Waals surface area contributed by atoms with Crippen molar-refractivity contribution < 1.29 is 40.2 Å². The SMILES string of the molecule is O=C(/C=C/c1ccc(O)c(O)c1)N[C@@H](Cc1ccc(O)c(O)c1)C(=O)NCc1ccc(O)c(O)c1. The van der Waals surface area contributed by atoms with E-state index in [4.69, 9.17) is 0 Å². The molecule has 1 atom stereocenters. The lowest BCUT2D eigenvalue weighted by molar-refractivity contribution is -0.127. The van der Waals surface area contributed by atoms with E-state index in [9.17, 15) is 40.2 Å². The Balaban J connectivity index is 1.73. The number of benzene rings is 3. The molecular weight excluding hydrogens is 456 g/mol. The standard InChI is InChI=1S/C25H24N2O8/c28-18-5-1-14(10-21(18)31)4-8-24(34)27-17(9-15-2-6-19(29)22(32)11-15)25(35)26-13-16-3-7-20(30)23(33)12-16/h1-8,10-12,17,28-33H,9,13H2,(H,26,35)(H,27,34)/b8-4+/t17-/m0/s1. The zero-order chi connectivity index (χ0) is 25.5. The summed E-state index contributed by atoms with van der Waals surface area (Å²) in [6.07, 6.45) is 2.52. The van der Waals surface area contributed by atoms with Gasteiger partial charge in [-0.15, -0.1) is 0 Å². The van der Waals surface area contributed by atoms with Gasteiger partial charge in [-0.2, -0.15) is 0 Å². The van der Waals surface area contributed by atoms with Crippen molar-refractivity contribution in [1.82, 2.24) is 10.6 Å². The molecule has 0 aromatic heterocycles. The summed E-state index contributed by atoms with van der Waals surface area (Å²) in [5.41, 5.74) is 1.41. The summed E-state index contributed by atoms with van der Waals surface area (Å²) in [7, 11) is 0. The van der Waals surface area contributed by atoms with Gasteiger partial charge in [0.2, 0.25) is 11.8 Å². The summed E-state index contributed by atoms with van der Waals surface area (Å²) in [4.78, 5) is 25.4. The van der Waals surface area contributed by atoms with Crippen LogP contribution in [0.4, 0.5) is 0 Å². The lowest BCUT2D eigenvalue weighted by Crippen LogP contribution is -2.47. The first kappa shape index (κ1) is 24.8. The van der Waals surface area contributed by atoms with E-state index in [1.807, 2.05) is 0 Å². The first-order chi connectivity index (χ1) is 16.6. The minimum atomic E-state index is -1.07. The topological polar surface area (TPSA) is 180 Å². The highest BCUT2D eigenvalue weighted by atomic mass is 16.3. The van der Waals surface area contributed by atoms with Gasteiger partial charge in [-0.1, -0.05) is 18.2 Å². The maximum Gasteiger partial charge on any atom is 0.244 e. The van der Waals surface area contributed by atoms with Gasteiger partial charge < -0.3 is 41.3 Å². The average molecular weight is 480 g/mol. The van der Waals surface area contributed by atoms with E-state index in [-0.39, 0.29) is 47.5 Å². The number of hydrogen-bond acceptors (Lipinski definition) is 8. The molecule has 0 unspecified atom stereocenters. The summed E-state index contributed by atoms with van der Waals surface area (Å²) in [5, 5.41) is 62.5. The van der Waals surface area contributed by atoms with Crippen molar-refractivity contribution in [2.45, 2.75) is 19.0 Å². The number of aromatic hydroxyl groups is 6. The zero-order valence-electron chi connectivity index (χ0n) is 18.3. The van der Waals surface area contributed by atoms with Gasteiger partial charge in [-0.3, -0.25) is 9.59 Å². The van der Waals surface area contributed by atoms with Crippen LogP contribution in [0.1, 0.15) is 16.7 Å². The maximum absolute atomic E-state index is 12.9. The summed E-state index contributed by atoms with van der Waals surface area (Å²) < 4.78 is 0. The highest BCUT2D eigenvalue weighted by Crippen LogP contribution is 2.27. The summed E-state index contributed by atoms with van der Waals surface area (Å²) in [5.74, 6) is -3.18. The van der Waals surface area contributed by atoms with Crippen molar-refractivity contribution in [2.24, 2.45) is 0 Å². The second-order valence-corrected chi connectivity index (χ2v) is 7.71. The van der Waals surface area contributed by atoms with E-state index in [0.29, 0.717) is 16.7 Å². The molecule has 3 aromatic carbocycles. The van der Waals surface area contributed by atoms with E-state index in [2.05, 4.69) is 10.6 Å². The van der Waals surface area contributed by atoms with Crippen LogP contribution in [0, 0.1) is 0 Å². The summed E-state index contributed by atoms with van der Waals surface area (Å²) in [6.45, 7) is 0.00248. The number of carbonyl (C=O) groups excluding carboxylic acids is 2. The number of rotatable bonds is 8. The number of carbonyl (C=O) groups is 2. The fraction of sp³-hybridized carbons (Fsp3) is 0.120. The Morgan fingerprint density at radius 2 is 1.26 bits per heavy atom. The second kappa shape index (κ2) is 10.8. The molecule has 3 aromatic rings. The smallest absolute Gasteiger partial charge is 0.244 e. The molecular formula is C25H24N2O8. The van der Waals surface area contributed by atoms with E-state index < -0.39 is 17.9 Å². The number of nitrogens with one attached hydrogen (secondary N) is 2. The fourth-order valence-electron chi connectivity index (χ4n) is 3.17. The Bertz CT molecular complexity index is 1270. The minimum Gasteiger partial charge on any atom is -0.504 e. The highest BCUT2D eigenvalue weighted by molar-refractivity contribution is 5.95. The van der Waals surface area contributed by atoms with E-state index in [1.165, 1.54) is 60.7 Å². The Hall–Kier alpha value is -4.86. The average Bonchev–Trinajstić information content (AvgIpc) is 2.82. The maximum atomic E-state index is 12.9. The number of hydrogen-bond donors (Lipinski definition) is 8. The van der Waals surface area contributed by atoms with Gasteiger partial charge in [0.05, 0.1) is 0 Å². The summed E-state index contributed by atoms with van der Waals surface area (Å²) in [6, 6.07) is 11.0. The van der Waals surface area contributed by atoms with Crippen molar-refractivity contribution in [3.8, 4) is 34.5 Å². The quantitative estimate of drug-likeness (QED) is 0.178. The van der Waals surface area contributed by atoms with Crippen molar-refractivity contribution >= 4 is 17.9 Å². The third kappa shape index (κ3) is 6.81. The van der Waals surface area contributed by atoms with Crippen molar-refractivity contribution in [3.63, 3.8) is 0 Å². The molecule has 2 amide bonds. The molecule has 8 N–H and O–H groups in total. The predicted molar refractivity (Wildman–Crippen MR) is 126 cm³/mol. The third-order valence-corrected chi connectivity index (χ3v) is 5.05. The lowest BCUT2D eigenvalue weighted by atomic mass is 10.0. The van der Waals surface area contributed by atoms with Crippen LogP contribution < -0.4 is 10.6 Å². The normalized spacial score (nSPS) is 11.8. The molecule has 0 heterocycles. The first-order valence-electron chi connectivity index (χ1n) is 10.4. The lowest BCUT2D eigenvalue weighted by Gasteiger charge is -2.18. The molecule has 35 heavy (non-hydrogen) atoms. The number of phenolic OH excluding ortho intramolecular Hbond substituents is 6. The summed E-state index contributed by atoms with van der Waals surface area (Å²) >= 11 is 0. The van der Waals surface area contributed by atoms with Crippen LogP contribution in [0.15, 0.2) is 60.7 Å². The van der Waals surface area contributed by atoms with E-state index >= 15 is 0 Å². The molecule has 3 rings (SSSR count). The molecule has 0 spiro atoms. The first-order valence-corrected chi connectivity index (χ1v) is 10.4. The Morgan fingerprint density at radius 1 is 0.714 bits per heavy atom. The van der Waals surface area contributed by atoms with Gasteiger partial charge in [-0.05, 0) is 59.2 Å². The molecule has 182 valence electrons. The number of phenols is 6. The fourth-order valence-corrected chi connectivity index (χ4v) is 3.17. The van der Waals surface area contributed by atoms with Crippen molar-refractivity contribution in [2.75, 3.05) is 0 Å². The van der Waals surface area contributed by atoms with Crippen LogP contribution in [0.25, 0.3) is 6.08 Å². The molecule has 0 bridgehead atoms. The molecule has 0 saturated carbocycles. The Kier molecular flexibility index (Phi) is 7.67. The molecule has 0 aliphatic carbocycles. The molecule has 10 heteroatoms.